The molecule has 3 aromatic rings. The third-order valence-electron chi connectivity index (χ3n) is 7.38. The first kappa shape index (κ1) is 26.0. The van der Waals surface area contributed by atoms with Crippen LogP contribution in [0.1, 0.15) is 53.9 Å². The van der Waals surface area contributed by atoms with E-state index in [-0.39, 0.29) is 12.3 Å². The Morgan fingerprint density at radius 3 is 2.61 bits per heavy atom. The zero-order chi connectivity index (χ0) is 26.5. The Balaban J connectivity index is 1.22. The second-order valence-electron chi connectivity index (χ2n) is 10.3. The minimum absolute atomic E-state index is 0.0735. The van der Waals surface area contributed by atoms with Crippen LogP contribution in [0, 0.1) is 13.8 Å². The number of carboxylic acid groups (broad SMARTS) is 1. The summed E-state index contributed by atoms with van der Waals surface area (Å²) < 4.78 is 17.9. The number of hydrogen-bond acceptors (Lipinski definition) is 6. The van der Waals surface area contributed by atoms with Crippen LogP contribution < -0.4 is 14.2 Å². The van der Waals surface area contributed by atoms with Crippen molar-refractivity contribution in [1.82, 2.24) is 9.88 Å². The fourth-order valence-corrected chi connectivity index (χ4v) is 5.47. The lowest BCUT2D eigenvalue weighted by atomic mass is 9.97. The molecule has 1 aromatic heterocycles. The highest BCUT2D eigenvalue weighted by Crippen LogP contribution is 2.37. The number of rotatable bonds is 10. The minimum Gasteiger partial charge on any atom is -0.493 e. The second kappa shape index (κ2) is 11.9. The van der Waals surface area contributed by atoms with Crippen LogP contribution in [0.15, 0.2) is 48.5 Å². The van der Waals surface area contributed by atoms with Gasteiger partial charge in [0.1, 0.15) is 24.7 Å². The van der Waals surface area contributed by atoms with Crippen LogP contribution in [-0.2, 0) is 11.4 Å². The number of ether oxygens (including phenoxy) is 3. The van der Waals surface area contributed by atoms with Gasteiger partial charge in [-0.1, -0.05) is 24.6 Å². The van der Waals surface area contributed by atoms with Gasteiger partial charge in [0.15, 0.2) is 0 Å². The Hall–Kier alpha value is -3.58. The molecule has 0 saturated carbocycles. The molecule has 1 atom stereocenters. The van der Waals surface area contributed by atoms with Gasteiger partial charge in [-0.25, -0.2) is 4.98 Å². The molecule has 0 amide bonds. The Morgan fingerprint density at radius 2 is 1.84 bits per heavy atom. The van der Waals surface area contributed by atoms with Gasteiger partial charge in [-0.2, -0.15) is 0 Å². The van der Waals surface area contributed by atoms with Crippen LogP contribution in [0.2, 0.25) is 0 Å². The molecule has 1 N–H and O–H groups in total. The van der Waals surface area contributed by atoms with Gasteiger partial charge in [0.2, 0.25) is 5.88 Å². The average molecular weight is 517 g/mol. The highest BCUT2D eigenvalue weighted by Gasteiger charge is 2.26. The zero-order valence-corrected chi connectivity index (χ0v) is 22.2. The van der Waals surface area contributed by atoms with Gasteiger partial charge in [-0.05, 0) is 80.7 Å². The van der Waals surface area contributed by atoms with E-state index in [1.54, 1.807) is 0 Å². The largest absolute Gasteiger partial charge is 0.493 e. The number of nitrogens with zero attached hydrogens (tertiary/aromatic N) is 2. The van der Waals surface area contributed by atoms with Crippen molar-refractivity contribution in [3.63, 3.8) is 0 Å². The molecule has 2 aliphatic heterocycles. The molecule has 1 saturated heterocycles. The van der Waals surface area contributed by atoms with E-state index in [9.17, 15) is 4.79 Å². The number of aromatic nitrogens is 1. The number of hydrogen-bond donors (Lipinski definition) is 1. The summed E-state index contributed by atoms with van der Waals surface area (Å²) in [6.07, 6.45) is 4.00. The number of pyridine rings is 1. The number of fused-ring (bicyclic) bond motifs is 1. The SMILES string of the molecule is Cc1cc(OCCN2CCCCC2)cc(C)c1-c1cccc(OCc2ccc3c(c2)OCC3CC(=O)O)n1. The molecule has 7 nitrogen and oxygen atoms in total. The van der Waals surface area contributed by atoms with Gasteiger partial charge in [0, 0.05) is 29.7 Å². The van der Waals surface area contributed by atoms with Gasteiger partial charge in [-0.15, -0.1) is 0 Å². The van der Waals surface area contributed by atoms with E-state index in [1.165, 1.54) is 32.4 Å². The molecule has 1 unspecified atom stereocenters. The van der Waals surface area contributed by atoms with Crippen molar-refractivity contribution in [2.75, 3.05) is 32.8 Å². The summed E-state index contributed by atoms with van der Waals surface area (Å²) in [6.45, 7) is 8.97. The van der Waals surface area contributed by atoms with Gasteiger partial charge in [0.25, 0.3) is 0 Å². The number of aliphatic carboxylic acids is 1. The van der Waals surface area contributed by atoms with Crippen molar-refractivity contribution in [1.29, 1.82) is 0 Å². The summed E-state index contributed by atoms with van der Waals surface area (Å²) in [7, 11) is 0. The zero-order valence-electron chi connectivity index (χ0n) is 22.2. The maximum Gasteiger partial charge on any atom is 0.304 e. The predicted octanol–water partition coefficient (Wildman–Crippen LogP) is 5.76. The number of carboxylic acids is 1. The van der Waals surface area contributed by atoms with Gasteiger partial charge < -0.3 is 19.3 Å². The molecule has 2 aromatic carbocycles. The number of likely N-dealkylation sites (tertiary alicyclic amines) is 1. The molecule has 200 valence electrons. The molecule has 1 fully saturated rings. The first-order valence-electron chi connectivity index (χ1n) is 13.5. The fourth-order valence-electron chi connectivity index (χ4n) is 5.47. The van der Waals surface area contributed by atoms with Gasteiger partial charge in [-0.3, -0.25) is 9.69 Å². The van der Waals surface area contributed by atoms with E-state index in [0.717, 1.165) is 51.6 Å². The van der Waals surface area contributed by atoms with Crippen LogP contribution in [-0.4, -0.2) is 53.8 Å². The summed E-state index contributed by atoms with van der Waals surface area (Å²) in [5, 5.41) is 9.11. The molecule has 2 aliphatic rings. The molecule has 5 rings (SSSR count). The van der Waals surface area contributed by atoms with Crippen molar-refractivity contribution in [3.05, 3.63) is 70.8 Å². The fraction of sp³-hybridized carbons (Fsp3) is 0.419. The van der Waals surface area contributed by atoms with Gasteiger partial charge in [0.05, 0.1) is 18.7 Å². The lowest BCUT2D eigenvalue weighted by molar-refractivity contribution is -0.137. The van der Waals surface area contributed by atoms with E-state index in [1.807, 2.05) is 36.4 Å². The Bertz CT molecular complexity index is 1260. The van der Waals surface area contributed by atoms with Crippen molar-refractivity contribution in [2.45, 2.75) is 52.1 Å². The second-order valence-corrected chi connectivity index (χ2v) is 10.3. The molecule has 38 heavy (non-hydrogen) atoms. The first-order valence-corrected chi connectivity index (χ1v) is 13.5. The summed E-state index contributed by atoms with van der Waals surface area (Å²) in [5.74, 6) is 1.27. The first-order chi connectivity index (χ1) is 18.5. The lowest BCUT2D eigenvalue weighted by Gasteiger charge is -2.26. The number of carbonyl (C=O) groups is 1. The lowest BCUT2D eigenvalue weighted by Crippen LogP contribution is -2.33. The molecule has 0 radical (unpaired) electrons. The van der Waals surface area contributed by atoms with Crippen molar-refractivity contribution >= 4 is 5.97 Å². The van der Waals surface area contributed by atoms with Crippen LogP contribution in [0.3, 0.4) is 0 Å². The van der Waals surface area contributed by atoms with E-state index >= 15 is 0 Å². The Kier molecular flexibility index (Phi) is 8.13. The third-order valence-corrected chi connectivity index (χ3v) is 7.38. The Morgan fingerprint density at radius 1 is 1.05 bits per heavy atom. The van der Waals surface area contributed by atoms with Crippen molar-refractivity contribution in [2.24, 2.45) is 0 Å². The third kappa shape index (κ3) is 6.27. The van der Waals surface area contributed by atoms with E-state index < -0.39 is 5.97 Å². The number of benzene rings is 2. The highest BCUT2D eigenvalue weighted by molar-refractivity contribution is 5.69. The summed E-state index contributed by atoms with van der Waals surface area (Å²) in [4.78, 5) is 18.4. The minimum atomic E-state index is -0.815. The topological polar surface area (TPSA) is 81.1 Å². The van der Waals surface area contributed by atoms with E-state index in [2.05, 4.69) is 30.9 Å². The normalized spacial score (nSPS) is 17.1. The maximum atomic E-state index is 11.1. The quantitative estimate of drug-likeness (QED) is 0.367. The summed E-state index contributed by atoms with van der Waals surface area (Å²) in [5.41, 5.74) is 6.09. The average Bonchev–Trinajstić information content (AvgIpc) is 3.29. The molecule has 0 bridgehead atoms. The molecule has 7 heteroatoms. The van der Waals surface area contributed by atoms with E-state index in [0.29, 0.717) is 25.7 Å². The standard InChI is InChI=1S/C31H36N2O5/c1-21-15-25(36-14-13-33-11-4-3-5-12-33)16-22(2)31(21)27-7-6-8-29(32-27)38-19-23-9-10-26-24(18-30(34)35)20-37-28(26)17-23/h6-10,15-17,24H,3-5,11-14,18-20H2,1-2H3,(H,34,35). The van der Waals surface area contributed by atoms with Gasteiger partial charge >= 0.3 is 5.97 Å². The van der Waals surface area contributed by atoms with Crippen LogP contribution >= 0.6 is 0 Å². The number of aryl methyl sites for hydroxylation is 2. The molecule has 0 spiro atoms. The maximum absolute atomic E-state index is 11.1. The molecular weight excluding hydrogens is 480 g/mol. The Labute approximate surface area is 224 Å². The predicted molar refractivity (Wildman–Crippen MR) is 146 cm³/mol. The van der Waals surface area contributed by atoms with E-state index in [4.69, 9.17) is 24.3 Å². The summed E-state index contributed by atoms with van der Waals surface area (Å²) >= 11 is 0. The number of piperidine rings is 1. The highest BCUT2D eigenvalue weighted by atomic mass is 16.5. The van der Waals surface area contributed by atoms with Crippen LogP contribution in [0.4, 0.5) is 0 Å². The molecule has 3 heterocycles. The monoisotopic (exact) mass is 516 g/mol. The van der Waals surface area contributed by atoms with Crippen molar-refractivity contribution in [3.8, 4) is 28.6 Å². The smallest absolute Gasteiger partial charge is 0.304 e. The molecule has 0 aliphatic carbocycles. The van der Waals surface area contributed by atoms with Crippen molar-refractivity contribution < 1.29 is 24.1 Å². The van der Waals surface area contributed by atoms with Crippen LogP contribution in [0.5, 0.6) is 17.4 Å². The summed E-state index contributed by atoms with van der Waals surface area (Å²) in [6, 6.07) is 15.9. The molecular formula is C31H36N2O5. The van der Waals surface area contributed by atoms with Crippen LogP contribution in [0.25, 0.3) is 11.3 Å².